The van der Waals surface area contributed by atoms with E-state index in [0.29, 0.717) is 82.1 Å². The van der Waals surface area contributed by atoms with Gasteiger partial charge in [0.05, 0.1) is 54.2 Å². The Morgan fingerprint density at radius 1 is 0.702 bits per heavy atom. The molecule has 0 saturated carbocycles. The van der Waals surface area contributed by atoms with Crippen molar-refractivity contribution in [3.63, 3.8) is 0 Å². The number of nitrogen functional groups attached to an aromatic ring is 1. The Kier molecular flexibility index (Phi) is 9.07. The van der Waals surface area contributed by atoms with Crippen LogP contribution in [0.4, 0.5) is 17.1 Å². The summed E-state index contributed by atoms with van der Waals surface area (Å²) in [5.74, 6) is 1.14. The summed E-state index contributed by atoms with van der Waals surface area (Å²) in [5.41, 5.74) is 14.3. The number of carbonyl (C=O) groups is 3. The molecule has 13 nitrogen and oxygen atoms in total. The zero-order valence-electron chi connectivity index (χ0n) is 31.9. The van der Waals surface area contributed by atoms with E-state index >= 15 is 0 Å². The van der Waals surface area contributed by atoms with Crippen molar-refractivity contribution in [3.8, 4) is 23.0 Å². The summed E-state index contributed by atoms with van der Waals surface area (Å²) in [6.07, 6.45) is 1.19. The van der Waals surface area contributed by atoms with Crippen LogP contribution in [0.5, 0.6) is 23.0 Å². The van der Waals surface area contributed by atoms with Gasteiger partial charge in [0.25, 0.3) is 11.8 Å². The van der Waals surface area contributed by atoms with Crippen LogP contribution in [0.1, 0.15) is 54.4 Å². The second-order valence-corrected chi connectivity index (χ2v) is 14.8. The van der Waals surface area contributed by atoms with Crippen molar-refractivity contribution in [2.75, 3.05) is 43.8 Å². The Hall–Kier alpha value is -6.76. The number of amides is 3. The molecule has 5 heterocycles. The number of hydrogen-bond donors (Lipinski definition) is 2. The van der Waals surface area contributed by atoms with Gasteiger partial charge < -0.3 is 44.7 Å². The monoisotopic (exact) mass is 766 g/mol. The molecular formula is C44H42N6O7. The van der Waals surface area contributed by atoms with Crippen LogP contribution in [0.2, 0.25) is 0 Å². The van der Waals surface area contributed by atoms with Gasteiger partial charge in [-0.3, -0.25) is 19.4 Å². The number of carbonyl (C=O) groups excluding carboxylic acids is 3. The van der Waals surface area contributed by atoms with E-state index in [1.807, 2.05) is 59.5 Å². The molecule has 0 radical (unpaired) electrons. The highest BCUT2D eigenvalue weighted by molar-refractivity contribution is 6.11. The fraction of sp³-hybridized carbons (Fsp3) is 0.273. The van der Waals surface area contributed by atoms with Crippen LogP contribution in [-0.2, 0) is 43.9 Å². The number of rotatable bonds is 8. The molecule has 4 aromatic carbocycles. The van der Waals surface area contributed by atoms with E-state index in [0.717, 1.165) is 17.5 Å². The molecule has 0 aliphatic carbocycles. The molecule has 4 aliphatic heterocycles. The lowest BCUT2D eigenvalue weighted by Crippen LogP contribution is -2.50. The molecule has 57 heavy (non-hydrogen) atoms. The van der Waals surface area contributed by atoms with E-state index in [1.165, 1.54) is 23.1 Å². The SMILES string of the molecule is COc1cc2c(cc1OCc1cccc(COc3cc4c(cc3OC)C(=O)N3Cc5cc(N)ccc5CC3C(=O)N4C)n1)NC[C@@H]1Cc3ccccc3CN1C2=O. The predicted octanol–water partition coefficient (Wildman–Crippen LogP) is 5.38. The van der Waals surface area contributed by atoms with E-state index < -0.39 is 6.04 Å². The number of fused-ring (bicyclic) bond motifs is 6. The second kappa shape index (κ2) is 14.4. The largest absolute Gasteiger partial charge is 0.493 e. The smallest absolute Gasteiger partial charge is 0.257 e. The van der Waals surface area contributed by atoms with Crippen LogP contribution in [0, 0.1) is 0 Å². The van der Waals surface area contributed by atoms with E-state index in [-0.39, 0.29) is 43.5 Å². The second-order valence-electron chi connectivity index (χ2n) is 14.8. The number of nitrogens with one attached hydrogen (secondary N) is 1. The van der Waals surface area contributed by atoms with Gasteiger partial charge >= 0.3 is 0 Å². The average molecular weight is 767 g/mol. The number of ether oxygens (including phenoxy) is 4. The zero-order chi connectivity index (χ0) is 39.4. The standard InChI is InChI=1S/C44H42N6O7/c1-48-36-19-41(39(55-3)17-34(36)43(52)50-22-28-13-29(45)12-11-26(28)15-37(50)44(48)53)57-24-31-10-6-9-30(47-31)23-56-40-18-35-33(16-38(40)54-2)42(51)49-21-27-8-5-4-7-25(27)14-32(49)20-46-35/h4-13,16-19,32,37,46H,14-15,20-24,45H2,1-3H3/t32-,37?/m0/s1. The van der Waals surface area contributed by atoms with Crippen molar-refractivity contribution in [3.05, 3.63) is 130 Å². The number of hydrogen-bond acceptors (Lipinski definition) is 10. The molecule has 0 spiro atoms. The number of methoxy groups -OCH3 is 2. The van der Waals surface area contributed by atoms with Crippen LogP contribution in [-0.4, -0.2) is 72.4 Å². The van der Waals surface area contributed by atoms with Crippen molar-refractivity contribution >= 4 is 34.8 Å². The lowest BCUT2D eigenvalue weighted by molar-refractivity contribution is -0.123. The van der Waals surface area contributed by atoms with Gasteiger partial charge in [0.15, 0.2) is 23.0 Å². The van der Waals surface area contributed by atoms with E-state index in [2.05, 4.69) is 17.4 Å². The van der Waals surface area contributed by atoms with Crippen molar-refractivity contribution in [1.82, 2.24) is 14.8 Å². The summed E-state index contributed by atoms with van der Waals surface area (Å²) in [4.78, 5) is 51.5. The molecule has 13 heteroatoms. The van der Waals surface area contributed by atoms with Gasteiger partial charge in [-0.2, -0.15) is 0 Å². The van der Waals surface area contributed by atoms with Gasteiger partial charge in [-0.1, -0.05) is 36.4 Å². The lowest BCUT2D eigenvalue weighted by Gasteiger charge is -2.35. The first-order valence-corrected chi connectivity index (χ1v) is 18.9. The first kappa shape index (κ1) is 35.9. The molecule has 1 unspecified atom stereocenters. The van der Waals surface area contributed by atoms with Crippen LogP contribution < -0.4 is 34.9 Å². The van der Waals surface area contributed by atoms with Crippen molar-refractivity contribution in [2.45, 2.75) is 51.2 Å². The summed E-state index contributed by atoms with van der Waals surface area (Å²) in [6.45, 7) is 1.67. The van der Waals surface area contributed by atoms with Crippen molar-refractivity contribution in [2.24, 2.45) is 0 Å². The summed E-state index contributed by atoms with van der Waals surface area (Å²) in [7, 11) is 4.74. The fourth-order valence-corrected chi connectivity index (χ4v) is 8.34. The van der Waals surface area contributed by atoms with Gasteiger partial charge in [0, 0.05) is 50.9 Å². The van der Waals surface area contributed by atoms with Gasteiger partial charge in [-0.15, -0.1) is 0 Å². The molecule has 9 rings (SSSR count). The van der Waals surface area contributed by atoms with Crippen LogP contribution in [0.3, 0.4) is 0 Å². The number of nitrogens with zero attached hydrogens (tertiary/aromatic N) is 4. The van der Waals surface area contributed by atoms with Gasteiger partial charge in [-0.25, -0.2) is 0 Å². The van der Waals surface area contributed by atoms with Gasteiger partial charge in [-0.05, 0) is 65.1 Å². The van der Waals surface area contributed by atoms with E-state index in [1.54, 1.807) is 37.3 Å². The number of anilines is 3. The minimum absolute atomic E-state index is 0.0300. The topological polar surface area (TPSA) is 149 Å². The Morgan fingerprint density at radius 2 is 1.35 bits per heavy atom. The maximum atomic E-state index is 14.0. The molecule has 3 amide bonds. The maximum Gasteiger partial charge on any atom is 0.257 e. The Morgan fingerprint density at radius 3 is 2.09 bits per heavy atom. The highest BCUT2D eigenvalue weighted by atomic mass is 16.5. The van der Waals surface area contributed by atoms with Crippen LogP contribution >= 0.6 is 0 Å². The van der Waals surface area contributed by atoms with E-state index in [9.17, 15) is 14.4 Å². The molecule has 290 valence electrons. The fourth-order valence-electron chi connectivity index (χ4n) is 8.34. The number of aromatic nitrogens is 1. The maximum absolute atomic E-state index is 14.0. The molecule has 0 bridgehead atoms. The highest BCUT2D eigenvalue weighted by Gasteiger charge is 2.42. The third-order valence-corrected chi connectivity index (χ3v) is 11.4. The Labute approximate surface area is 329 Å². The molecular weight excluding hydrogens is 725 g/mol. The summed E-state index contributed by atoms with van der Waals surface area (Å²) < 4.78 is 23.9. The third-order valence-electron chi connectivity index (χ3n) is 11.4. The Balaban J connectivity index is 0.903. The summed E-state index contributed by atoms with van der Waals surface area (Å²) in [6, 6.07) is 25.7. The third kappa shape index (κ3) is 6.48. The minimum atomic E-state index is -0.652. The summed E-state index contributed by atoms with van der Waals surface area (Å²) >= 11 is 0. The number of nitrogens with two attached hydrogens (primary N) is 1. The molecule has 5 aromatic rings. The molecule has 3 N–H and O–H groups in total. The minimum Gasteiger partial charge on any atom is -0.493 e. The molecule has 1 aromatic heterocycles. The predicted molar refractivity (Wildman–Crippen MR) is 213 cm³/mol. The zero-order valence-corrected chi connectivity index (χ0v) is 31.9. The van der Waals surface area contributed by atoms with Gasteiger partial charge in [0.1, 0.15) is 19.3 Å². The molecule has 4 aliphatic rings. The average Bonchev–Trinajstić information content (AvgIpc) is 3.40. The van der Waals surface area contributed by atoms with Crippen molar-refractivity contribution < 1.29 is 33.3 Å². The molecule has 0 fully saturated rings. The lowest BCUT2D eigenvalue weighted by atomic mass is 9.92. The first-order chi connectivity index (χ1) is 27.7. The van der Waals surface area contributed by atoms with Crippen molar-refractivity contribution in [1.29, 1.82) is 0 Å². The quantitative estimate of drug-likeness (QED) is 0.198. The normalized spacial score (nSPS) is 18.1. The summed E-state index contributed by atoms with van der Waals surface area (Å²) in [5, 5.41) is 3.49. The van der Waals surface area contributed by atoms with Crippen LogP contribution in [0.25, 0.3) is 0 Å². The Bertz CT molecular complexity index is 2450. The van der Waals surface area contributed by atoms with E-state index in [4.69, 9.17) is 29.7 Å². The molecule has 2 atom stereocenters. The number of likely N-dealkylation sites (N-methyl/N-ethyl adjacent to an activating group) is 1. The van der Waals surface area contributed by atoms with Crippen LogP contribution in [0.15, 0.2) is 84.9 Å². The first-order valence-electron chi connectivity index (χ1n) is 18.9. The van der Waals surface area contributed by atoms with Gasteiger partial charge in [0.2, 0.25) is 5.91 Å². The molecule has 0 saturated heterocycles. The number of benzene rings is 4. The number of pyridine rings is 1. The highest BCUT2D eigenvalue weighted by Crippen LogP contribution is 2.41.